The number of hydrogen-bond acceptors (Lipinski definition) is 2. The van der Waals surface area contributed by atoms with E-state index in [2.05, 4.69) is 40.2 Å². The van der Waals surface area contributed by atoms with Crippen LogP contribution in [0, 0.1) is 5.82 Å². The van der Waals surface area contributed by atoms with Crippen LogP contribution in [0.2, 0.25) is 0 Å². The van der Waals surface area contributed by atoms with Crippen LogP contribution in [0.5, 0.6) is 0 Å². The summed E-state index contributed by atoms with van der Waals surface area (Å²) in [5, 5.41) is 6.75. The molecule has 4 rings (SSSR count). The van der Waals surface area contributed by atoms with Gasteiger partial charge in [-0.2, -0.15) is 5.10 Å². The molecule has 3 aromatic carbocycles. The van der Waals surface area contributed by atoms with Crippen molar-refractivity contribution in [3.05, 3.63) is 100 Å². The summed E-state index contributed by atoms with van der Waals surface area (Å²) >= 11 is 3.47. The largest absolute Gasteiger partial charge is 0.257 e. The van der Waals surface area contributed by atoms with Gasteiger partial charge in [0.15, 0.2) is 0 Å². The summed E-state index contributed by atoms with van der Waals surface area (Å²) in [6.45, 7) is 0. The number of hydrazone groups is 1. The second-order valence-electron chi connectivity index (χ2n) is 6.01. The van der Waals surface area contributed by atoms with E-state index in [4.69, 9.17) is 5.10 Å². The Morgan fingerprint density at radius 2 is 1.68 bits per heavy atom. The average Bonchev–Trinajstić information content (AvgIpc) is 3.08. The van der Waals surface area contributed by atoms with Crippen molar-refractivity contribution >= 4 is 27.3 Å². The van der Waals surface area contributed by atoms with Gasteiger partial charge in [-0.05, 0) is 41.5 Å². The van der Waals surface area contributed by atoms with Gasteiger partial charge in [0.2, 0.25) is 0 Å². The van der Waals surface area contributed by atoms with Gasteiger partial charge in [-0.15, -0.1) is 0 Å². The number of hydrogen-bond donors (Lipinski definition) is 0. The van der Waals surface area contributed by atoms with Gasteiger partial charge >= 0.3 is 0 Å². The van der Waals surface area contributed by atoms with Crippen LogP contribution in [0.15, 0.2) is 88.4 Å². The maximum atomic E-state index is 13.7. The predicted molar refractivity (Wildman–Crippen MR) is 103 cm³/mol. The van der Waals surface area contributed by atoms with Crippen LogP contribution >= 0.6 is 15.9 Å². The number of halogens is 2. The summed E-state index contributed by atoms with van der Waals surface area (Å²) in [5.41, 5.74) is 4.03. The molecule has 2 nitrogen and oxygen atoms in total. The quantitative estimate of drug-likeness (QED) is 0.536. The van der Waals surface area contributed by atoms with E-state index < -0.39 is 0 Å². The van der Waals surface area contributed by atoms with E-state index >= 15 is 0 Å². The van der Waals surface area contributed by atoms with Crippen molar-refractivity contribution in [2.24, 2.45) is 5.10 Å². The highest BCUT2D eigenvalue weighted by Gasteiger charge is 2.29. The van der Waals surface area contributed by atoms with Gasteiger partial charge in [-0.1, -0.05) is 64.5 Å². The van der Waals surface area contributed by atoms with Gasteiger partial charge in [0.25, 0.3) is 0 Å². The average molecular weight is 395 g/mol. The molecule has 0 fully saturated rings. The summed E-state index contributed by atoms with van der Waals surface area (Å²) < 4.78 is 14.8. The predicted octanol–water partition coefficient (Wildman–Crippen LogP) is 5.94. The molecular weight excluding hydrogens is 379 g/mol. The zero-order valence-corrected chi connectivity index (χ0v) is 15.0. The van der Waals surface area contributed by atoms with Gasteiger partial charge in [0.1, 0.15) is 5.82 Å². The first-order valence-corrected chi connectivity index (χ1v) is 8.93. The molecule has 1 atom stereocenters. The Labute approximate surface area is 154 Å². The minimum atomic E-state index is -0.253. The molecule has 1 aliphatic heterocycles. The summed E-state index contributed by atoms with van der Waals surface area (Å²) in [7, 11) is 0. The molecular formula is C21H16BrFN2. The molecule has 0 spiro atoms. The van der Waals surface area contributed by atoms with Crippen LogP contribution in [0.1, 0.15) is 23.6 Å². The monoisotopic (exact) mass is 394 g/mol. The van der Waals surface area contributed by atoms with Crippen LogP contribution in [-0.4, -0.2) is 5.71 Å². The fourth-order valence-electron chi connectivity index (χ4n) is 3.12. The molecule has 0 amide bonds. The topological polar surface area (TPSA) is 15.6 Å². The Hall–Kier alpha value is -2.46. The van der Waals surface area contributed by atoms with Crippen LogP contribution in [0.25, 0.3) is 0 Å². The molecule has 3 aromatic rings. The second kappa shape index (κ2) is 6.81. The Kier molecular flexibility index (Phi) is 4.36. The van der Waals surface area contributed by atoms with Gasteiger partial charge in [0, 0.05) is 10.9 Å². The zero-order chi connectivity index (χ0) is 17.2. The van der Waals surface area contributed by atoms with Crippen LogP contribution < -0.4 is 5.01 Å². The Balaban J connectivity index is 1.76. The maximum Gasteiger partial charge on any atom is 0.125 e. The minimum absolute atomic E-state index is 0.0571. The van der Waals surface area contributed by atoms with E-state index in [0.29, 0.717) is 0 Å². The third-order valence-corrected chi connectivity index (χ3v) is 4.87. The maximum absolute atomic E-state index is 13.7. The molecule has 1 unspecified atom stereocenters. The molecule has 124 valence electrons. The van der Waals surface area contributed by atoms with Gasteiger partial charge in [-0.25, -0.2) is 4.39 Å². The fraction of sp³-hybridized carbons (Fsp3) is 0.0952. The molecule has 0 aliphatic carbocycles. The molecule has 1 heterocycles. The molecule has 4 heteroatoms. The van der Waals surface area contributed by atoms with Gasteiger partial charge < -0.3 is 0 Å². The van der Waals surface area contributed by atoms with E-state index in [9.17, 15) is 4.39 Å². The lowest BCUT2D eigenvalue weighted by atomic mass is 9.98. The third kappa shape index (κ3) is 3.35. The molecule has 0 saturated carbocycles. The molecule has 0 bridgehead atoms. The fourth-order valence-corrected chi connectivity index (χ4v) is 3.38. The van der Waals surface area contributed by atoms with Crippen LogP contribution in [-0.2, 0) is 0 Å². The zero-order valence-electron chi connectivity index (χ0n) is 13.4. The number of rotatable bonds is 3. The number of nitrogens with zero attached hydrogens (tertiary/aromatic N) is 2. The minimum Gasteiger partial charge on any atom is -0.257 e. The van der Waals surface area contributed by atoms with Gasteiger partial charge in [-0.3, -0.25) is 5.01 Å². The molecule has 0 aromatic heterocycles. The Morgan fingerprint density at radius 3 is 2.40 bits per heavy atom. The SMILES string of the molecule is Fc1cccc(N2N=C(c3ccc(Br)cc3)CC2c2ccccc2)c1. The molecule has 25 heavy (non-hydrogen) atoms. The van der Waals surface area contributed by atoms with Crippen molar-refractivity contribution in [2.45, 2.75) is 12.5 Å². The second-order valence-corrected chi connectivity index (χ2v) is 6.92. The van der Waals surface area contributed by atoms with E-state index in [0.717, 1.165) is 27.9 Å². The van der Waals surface area contributed by atoms with Crippen molar-refractivity contribution < 1.29 is 4.39 Å². The van der Waals surface area contributed by atoms with Crippen molar-refractivity contribution in [1.82, 2.24) is 0 Å². The van der Waals surface area contributed by atoms with Crippen molar-refractivity contribution in [2.75, 3.05) is 5.01 Å². The normalized spacial score (nSPS) is 16.8. The Morgan fingerprint density at radius 1 is 0.920 bits per heavy atom. The Bertz CT molecular complexity index is 907. The first-order valence-electron chi connectivity index (χ1n) is 8.14. The lowest BCUT2D eigenvalue weighted by molar-refractivity contribution is 0.624. The lowest BCUT2D eigenvalue weighted by Gasteiger charge is -2.24. The van der Waals surface area contributed by atoms with Crippen molar-refractivity contribution in [3.63, 3.8) is 0 Å². The number of benzene rings is 3. The van der Waals surface area contributed by atoms with Gasteiger partial charge in [0.05, 0.1) is 17.4 Å². The summed E-state index contributed by atoms with van der Waals surface area (Å²) in [6.07, 6.45) is 0.780. The summed E-state index contributed by atoms with van der Waals surface area (Å²) in [5.74, 6) is -0.253. The molecule has 0 saturated heterocycles. The van der Waals surface area contributed by atoms with Crippen molar-refractivity contribution in [1.29, 1.82) is 0 Å². The number of anilines is 1. The van der Waals surface area contributed by atoms with E-state index in [-0.39, 0.29) is 11.9 Å². The highest BCUT2D eigenvalue weighted by Crippen LogP contribution is 2.36. The van der Waals surface area contributed by atoms with E-state index in [1.807, 2.05) is 41.4 Å². The standard InChI is InChI=1S/C21H16BrFN2/c22-17-11-9-15(10-12-17)20-14-21(16-5-2-1-3-6-16)25(24-20)19-8-4-7-18(23)13-19/h1-13,21H,14H2. The molecule has 0 radical (unpaired) electrons. The summed E-state index contributed by atoms with van der Waals surface area (Å²) in [4.78, 5) is 0. The molecule has 1 aliphatic rings. The smallest absolute Gasteiger partial charge is 0.125 e. The summed E-state index contributed by atoms with van der Waals surface area (Å²) in [6, 6.07) is 25.0. The highest BCUT2D eigenvalue weighted by molar-refractivity contribution is 9.10. The molecule has 0 N–H and O–H groups in total. The first kappa shape index (κ1) is 16.0. The van der Waals surface area contributed by atoms with E-state index in [1.54, 1.807) is 6.07 Å². The van der Waals surface area contributed by atoms with Crippen LogP contribution in [0.4, 0.5) is 10.1 Å². The highest BCUT2D eigenvalue weighted by atomic mass is 79.9. The van der Waals surface area contributed by atoms with E-state index in [1.165, 1.54) is 17.7 Å². The van der Waals surface area contributed by atoms with Crippen molar-refractivity contribution in [3.8, 4) is 0 Å². The first-order chi connectivity index (χ1) is 12.2. The van der Waals surface area contributed by atoms with Crippen LogP contribution in [0.3, 0.4) is 0 Å². The third-order valence-electron chi connectivity index (χ3n) is 4.34. The lowest BCUT2D eigenvalue weighted by Crippen LogP contribution is -2.18.